The molecule has 1 atom stereocenters. The Hall–Kier alpha value is -1.42. The molecule has 148 valence electrons. The van der Waals surface area contributed by atoms with Gasteiger partial charge in [-0.1, -0.05) is 51.5 Å². The molecule has 2 heterocycles. The summed E-state index contributed by atoms with van der Waals surface area (Å²) in [5.74, 6) is 0.797. The first-order valence-electron chi connectivity index (χ1n) is 11.0. The van der Waals surface area contributed by atoms with Crippen molar-refractivity contribution >= 4 is 11.0 Å². The lowest BCUT2D eigenvalue weighted by atomic mass is 9.68. The second kappa shape index (κ2) is 7.20. The van der Waals surface area contributed by atoms with Crippen LogP contribution in [0.25, 0.3) is 11.0 Å². The van der Waals surface area contributed by atoms with Crippen molar-refractivity contribution in [3.8, 4) is 0 Å². The molecule has 27 heavy (non-hydrogen) atoms. The predicted octanol–water partition coefficient (Wildman–Crippen LogP) is 5.58. The molecule has 0 radical (unpaired) electrons. The molecule has 0 spiro atoms. The molecule has 4 rings (SSSR count). The highest BCUT2D eigenvalue weighted by molar-refractivity contribution is 5.74. The molecule has 2 fully saturated rings. The molecule has 0 amide bonds. The van der Waals surface area contributed by atoms with E-state index in [0.29, 0.717) is 11.5 Å². The predicted molar refractivity (Wildman–Crippen MR) is 112 cm³/mol. The number of nitrogens with zero attached hydrogens (tertiary/aromatic N) is 4. The van der Waals surface area contributed by atoms with E-state index in [-0.39, 0.29) is 5.66 Å². The first-order chi connectivity index (χ1) is 13.0. The Morgan fingerprint density at radius 1 is 1.07 bits per heavy atom. The van der Waals surface area contributed by atoms with Gasteiger partial charge in [0.05, 0.1) is 5.52 Å². The minimum Gasteiger partial charge on any atom is -0.276 e. The molecule has 4 nitrogen and oxygen atoms in total. The van der Waals surface area contributed by atoms with E-state index in [0.717, 1.165) is 11.4 Å². The van der Waals surface area contributed by atoms with Crippen molar-refractivity contribution in [3.63, 3.8) is 0 Å². The summed E-state index contributed by atoms with van der Waals surface area (Å²) in [4.78, 5) is 2.83. The van der Waals surface area contributed by atoms with Crippen LogP contribution in [0.2, 0.25) is 0 Å². The summed E-state index contributed by atoms with van der Waals surface area (Å²) in [5, 5.41) is 9.29. The summed E-state index contributed by atoms with van der Waals surface area (Å²) in [5.41, 5.74) is 2.62. The number of benzene rings is 1. The van der Waals surface area contributed by atoms with Gasteiger partial charge in [0.2, 0.25) is 0 Å². The van der Waals surface area contributed by atoms with Crippen molar-refractivity contribution < 1.29 is 0 Å². The lowest BCUT2D eigenvalue weighted by Gasteiger charge is -2.53. The van der Waals surface area contributed by atoms with Gasteiger partial charge in [-0.05, 0) is 68.4 Å². The second-order valence-corrected chi connectivity index (χ2v) is 9.86. The monoisotopic (exact) mass is 368 g/mol. The molecule has 2 aliphatic rings. The van der Waals surface area contributed by atoms with E-state index < -0.39 is 0 Å². The molecule has 0 N–H and O–H groups in total. The number of rotatable bonds is 3. The lowest BCUT2D eigenvalue weighted by Crippen LogP contribution is -2.58. The van der Waals surface area contributed by atoms with Crippen molar-refractivity contribution in [2.45, 2.75) is 90.8 Å². The van der Waals surface area contributed by atoms with Gasteiger partial charge in [0.25, 0.3) is 0 Å². The zero-order valence-electron chi connectivity index (χ0n) is 17.6. The van der Waals surface area contributed by atoms with Gasteiger partial charge >= 0.3 is 0 Å². The smallest absolute Gasteiger partial charge is 0.117 e. The number of piperidine rings is 1. The third-order valence-electron chi connectivity index (χ3n) is 7.39. The van der Waals surface area contributed by atoms with Crippen molar-refractivity contribution in [1.29, 1.82) is 0 Å². The maximum absolute atomic E-state index is 4.75. The molecule has 1 aliphatic heterocycles. The summed E-state index contributed by atoms with van der Waals surface area (Å²) < 4.78 is 2.31. The van der Waals surface area contributed by atoms with Gasteiger partial charge in [0.1, 0.15) is 11.2 Å². The average molecular weight is 369 g/mol. The maximum atomic E-state index is 4.75. The largest absolute Gasteiger partial charge is 0.276 e. The van der Waals surface area contributed by atoms with Crippen molar-refractivity contribution in [2.75, 3.05) is 6.54 Å². The fourth-order valence-corrected chi connectivity index (χ4v) is 5.72. The summed E-state index contributed by atoms with van der Waals surface area (Å²) in [6.07, 6.45) is 10.2. The van der Waals surface area contributed by atoms with Crippen LogP contribution >= 0.6 is 0 Å². The van der Waals surface area contributed by atoms with Crippen LogP contribution < -0.4 is 0 Å². The van der Waals surface area contributed by atoms with Gasteiger partial charge in [0, 0.05) is 12.6 Å². The second-order valence-electron chi connectivity index (χ2n) is 9.86. The summed E-state index contributed by atoms with van der Waals surface area (Å²) in [6.45, 7) is 10.8. The van der Waals surface area contributed by atoms with Crippen LogP contribution in [-0.4, -0.2) is 32.5 Å². The molecule has 1 aliphatic carbocycles. The van der Waals surface area contributed by atoms with Gasteiger partial charge in [-0.15, -0.1) is 5.10 Å². The van der Waals surface area contributed by atoms with Gasteiger partial charge in [0.15, 0.2) is 0 Å². The van der Waals surface area contributed by atoms with Gasteiger partial charge in [-0.25, -0.2) is 4.68 Å². The highest BCUT2D eigenvalue weighted by Gasteiger charge is 2.47. The Morgan fingerprint density at radius 2 is 1.81 bits per heavy atom. The van der Waals surface area contributed by atoms with Gasteiger partial charge in [-0.3, -0.25) is 4.90 Å². The van der Waals surface area contributed by atoms with Crippen molar-refractivity contribution in [2.24, 2.45) is 11.3 Å². The number of hydrogen-bond donors (Lipinski definition) is 0. The van der Waals surface area contributed by atoms with E-state index in [1.54, 1.807) is 0 Å². The van der Waals surface area contributed by atoms with Crippen molar-refractivity contribution in [1.82, 2.24) is 19.9 Å². The van der Waals surface area contributed by atoms with E-state index in [1.807, 2.05) is 0 Å². The maximum Gasteiger partial charge on any atom is 0.117 e. The molecule has 1 unspecified atom stereocenters. The first-order valence-corrected chi connectivity index (χ1v) is 11.0. The first kappa shape index (κ1) is 18.9. The standard InChI is InChI=1S/C23H36N4/c1-5-19-10-8-9-17-26(19)23(15-13-18(14-16-23)22(2,3)4)27-21-12-7-6-11-20(21)24-25-27/h6-7,11-12,18-19H,5,8-10,13-17H2,1-4H3. The van der Waals surface area contributed by atoms with Crippen LogP contribution in [0.15, 0.2) is 24.3 Å². The zero-order chi connectivity index (χ0) is 19.1. The molecule has 4 heteroatoms. The normalized spacial score (nSPS) is 30.7. The van der Waals surface area contributed by atoms with E-state index in [9.17, 15) is 0 Å². The molecular weight excluding hydrogens is 332 g/mol. The van der Waals surface area contributed by atoms with E-state index in [2.05, 4.69) is 66.6 Å². The lowest BCUT2D eigenvalue weighted by molar-refractivity contribution is -0.0867. The molecule has 1 saturated carbocycles. The summed E-state index contributed by atoms with van der Waals surface area (Å²) in [6, 6.07) is 9.18. The SMILES string of the molecule is CCC1CCCCN1C1(n2nnc3ccccc32)CCC(C(C)(C)C)CC1. The molecular formula is C23H36N4. The quantitative estimate of drug-likeness (QED) is 0.708. The van der Waals surface area contributed by atoms with Crippen LogP contribution in [-0.2, 0) is 5.66 Å². The number of aromatic nitrogens is 3. The van der Waals surface area contributed by atoms with E-state index in [4.69, 9.17) is 5.21 Å². The van der Waals surface area contributed by atoms with E-state index >= 15 is 0 Å². The van der Waals surface area contributed by atoms with Crippen molar-refractivity contribution in [3.05, 3.63) is 24.3 Å². The summed E-state index contributed by atoms with van der Waals surface area (Å²) >= 11 is 0. The molecule has 2 aromatic rings. The van der Waals surface area contributed by atoms with Gasteiger partial charge < -0.3 is 0 Å². The Kier molecular flexibility index (Phi) is 5.04. The third-order valence-corrected chi connectivity index (χ3v) is 7.39. The average Bonchev–Trinajstić information content (AvgIpc) is 3.12. The van der Waals surface area contributed by atoms with Gasteiger partial charge in [-0.2, -0.15) is 0 Å². The Balaban J connectivity index is 1.76. The number of fused-ring (bicyclic) bond motifs is 1. The molecule has 1 aromatic heterocycles. The summed E-state index contributed by atoms with van der Waals surface area (Å²) in [7, 11) is 0. The number of para-hydroxylation sites is 1. The van der Waals surface area contributed by atoms with Crippen LogP contribution in [0.1, 0.15) is 79.1 Å². The third kappa shape index (κ3) is 3.30. The molecule has 1 saturated heterocycles. The molecule has 1 aromatic carbocycles. The highest BCUT2D eigenvalue weighted by atomic mass is 15.5. The minimum atomic E-state index is -0.00104. The topological polar surface area (TPSA) is 34.0 Å². The highest BCUT2D eigenvalue weighted by Crippen LogP contribution is 2.48. The van der Waals surface area contributed by atoms with Crippen LogP contribution in [0.5, 0.6) is 0 Å². The Morgan fingerprint density at radius 3 is 2.52 bits per heavy atom. The zero-order valence-corrected chi connectivity index (χ0v) is 17.6. The fourth-order valence-electron chi connectivity index (χ4n) is 5.72. The number of hydrogen-bond acceptors (Lipinski definition) is 3. The Bertz CT molecular complexity index is 764. The molecule has 0 bridgehead atoms. The van der Waals surface area contributed by atoms with Crippen LogP contribution in [0, 0.1) is 11.3 Å². The Labute approximate surface area is 164 Å². The van der Waals surface area contributed by atoms with Crippen LogP contribution in [0.4, 0.5) is 0 Å². The van der Waals surface area contributed by atoms with E-state index in [1.165, 1.54) is 63.4 Å². The number of likely N-dealkylation sites (tertiary alicyclic amines) is 1. The fraction of sp³-hybridized carbons (Fsp3) is 0.739. The van der Waals surface area contributed by atoms with Crippen LogP contribution in [0.3, 0.4) is 0 Å². The minimum absolute atomic E-state index is 0.00104.